The second kappa shape index (κ2) is 9.33. The van der Waals surface area contributed by atoms with Crippen LogP contribution in [0.3, 0.4) is 0 Å². The Labute approximate surface area is 247 Å². The zero-order valence-corrected chi connectivity index (χ0v) is 23.1. The van der Waals surface area contributed by atoms with Gasteiger partial charge in [-0.25, -0.2) is 4.98 Å². The number of furan rings is 1. The fourth-order valence-electron chi connectivity index (χ4n) is 6.30. The van der Waals surface area contributed by atoms with Crippen molar-refractivity contribution in [1.82, 2.24) is 4.98 Å². The zero-order chi connectivity index (χ0) is 28.3. The minimum Gasteiger partial charge on any atom is -0.456 e. The maximum atomic E-state index is 6.50. The largest absolute Gasteiger partial charge is 0.456 e. The molecule has 0 unspecified atom stereocenters. The third kappa shape index (κ3) is 3.74. The molecule has 0 aliphatic heterocycles. The second-order valence-corrected chi connectivity index (χ2v) is 10.8. The van der Waals surface area contributed by atoms with Crippen LogP contribution in [-0.2, 0) is 0 Å². The molecule has 0 aliphatic rings. The van der Waals surface area contributed by atoms with Crippen molar-refractivity contribution in [3.63, 3.8) is 0 Å². The van der Waals surface area contributed by atoms with Crippen molar-refractivity contribution in [3.05, 3.63) is 146 Å². The number of aromatic nitrogens is 1. The fraction of sp³-hybridized carbons (Fsp3) is 0. The number of hydrogen-bond acceptors (Lipinski definition) is 4. The van der Waals surface area contributed by atoms with Gasteiger partial charge in [0.05, 0.1) is 11.1 Å². The molecular weight excluding hydrogens is 528 g/mol. The Bertz CT molecular complexity index is 2460. The van der Waals surface area contributed by atoms with Crippen LogP contribution in [0.2, 0.25) is 0 Å². The summed E-state index contributed by atoms with van der Waals surface area (Å²) in [5, 5.41) is 6.61. The van der Waals surface area contributed by atoms with Crippen molar-refractivity contribution < 1.29 is 8.83 Å². The van der Waals surface area contributed by atoms with E-state index in [1.54, 1.807) is 0 Å². The summed E-state index contributed by atoms with van der Waals surface area (Å²) in [5.74, 6) is 0.626. The molecule has 0 aliphatic carbocycles. The van der Waals surface area contributed by atoms with E-state index < -0.39 is 0 Å². The van der Waals surface area contributed by atoms with Gasteiger partial charge in [-0.1, -0.05) is 84.9 Å². The van der Waals surface area contributed by atoms with E-state index >= 15 is 0 Å². The number of para-hydroxylation sites is 2. The monoisotopic (exact) mass is 552 g/mol. The van der Waals surface area contributed by atoms with Crippen molar-refractivity contribution in [3.8, 4) is 11.5 Å². The lowest BCUT2D eigenvalue weighted by Crippen LogP contribution is -2.10. The molecule has 0 bridgehead atoms. The number of benzene rings is 7. The lowest BCUT2D eigenvalue weighted by atomic mass is 9.99. The van der Waals surface area contributed by atoms with E-state index in [4.69, 9.17) is 13.8 Å². The molecule has 0 saturated heterocycles. The minimum atomic E-state index is 0.626. The van der Waals surface area contributed by atoms with Crippen LogP contribution in [0, 0.1) is 0 Å². The van der Waals surface area contributed by atoms with Crippen LogP contribution in [0.1, 0.15) is 0 Å². The van der Waals surface area contributed by atoms with Crippen molar-refractivity contribution in [2.75, 3.05) is 4.90 Å². The summed E-state index contributed by atoms with van der Waals surface area (Å²) < 4.78 is 12.8. The highest BCUT2D eigenvalue weighted by molar-refractivity contribution is 6.19. The van der Waals surface area contributed by atoms with Gasteiger partial charge in [-0.3, -0.25) is 0 Å². The van der Waals surface area contributed by atoms with Gasteiger partial charge in [0, 0.05) is 27.7 Å². The second-order valence-electron chi connectivity index (χ2n) is 10.8. The number of nitrogens with zero attached hydrogens (tertiary/aromatic N) is 2. The zero-order valence-electron chi connectivity index (χ0n) is 23.1. The summed E-state index contributed by atoms with van der Waals surface area (Å²) >= 11 is 0. The van der Waals surface area contributed by atoms with Gasteiger partial charge in [-0.15, -0.1) is 0 Å². The molecule has 43 heavy (non-hydrogen) atoms. The maximum Gasteiger partial charge on any atom is 0.227 e. The van der Waals surface area contributed by atoms with E-state index in [9.17, 15) is 0 Å². The number of rotatable bonds is 4. The van der Waals surface area contributed by atoms with E-state index in [0.717, 1.165) is 77.2 Å². The highest BCUT2D eigenvalue weighted by Gasteiger charge is 2.20. The van der Waals surface area contributed by atoms with Gasteiger partial charge in [0.2, 0.25) is 5.89 Å². The normalized spacial score (nSPS) is 11.7. The van der Waals surface area contributed by atoms with Gasteiger partial charge < -0.3 is 13.7 Å². The van der Waals surface area contributed by atoms with Crippen LogP contribution in [0.4, 0.5) is 17.1 Å². The molecule has 0 N–H and O–H groups in total. The first-order valence-corrected chi connectivity index (χ1v) is 14.4. The van der Waals surface area contributed by atoms with E-state index in [-0.39, 0.29) is 0 Å². The first kappa shape index (κ1) is 23.8. The highest BCUT2D eigenvalue weighted by Crippen LogP contribution is 2.44. The Morgan fingerprint density at radius 3 is 2.09 bits per heavy atom. The molecule has 2 heterocycles. The van der Waals surface area contributed by atoms with Crippen molar-refractivity contribution in [2.45, 2.75) is 0 Å². The summed E-state index contributed by atoms with van der Waals surface area (Å²) in [6.07, 6.45) is 0. The smallest absolute Gasteiger partial charge is 0.227 e. The van der Waals surface area contributed by atoms with Crippen molar-refractivity contribution >= 4 is 71.6 Å². The molecule has 0 fully saturated rings. The summed E-state index contributed by atoms with van der Waals surface area (Å²) in [7, 11) is 0. The molecule has 0 saturated carbocycles. The average molecular weight is 553 g/mol. The Hall–Kier alpha value is -5.87. The standard InChI is InChI=1S/C39H24N2O2/c1-3-10-27(11-4-1)39-40-32-23-21-26-19-18-25-20-22-29(24-31(25)36(26)38(32)43-39)41(28-12-5-2-6-13-28)33-15-9-17-35-37(33)30-14-7-8-16-34(30)42-35/h1-24H. The number of hydrogen-bond donors (Lipinski definition) is 0. The summed E-state index contributed by atoms with van der Waals surface area (Å²) in [6.45, 7) is 0. The van der Waals surface area contributed by atoms with E-state index in [2.05, 4.69) is 89.8 Å². The number of anilines is 3. The van der Waals surface area contributed by atoms with Crippen LogP contribution >= 0.6 is 0 Å². The predicted molar refractivity (Wildman–Crippen MR) is 176 cm³/mol. The summed E-state index contributed by atoms with van der Waals surface area (Å²) in [5.41, 5.74) is 7.52. The van der Waals surface area contributed by atoms with Crippen LogP contribution in [0.15, 0.2) is 154 Å². The fourth-order valence-corrected chi connectivity index (χ4v) is 6.30. The molecule has 9 rings (SSSR count). The van der Waals surface area contributed by atoms with Crippen molar-refractivity contribution in [2.24, 2.45) is 0 Å². The molecule has 0 amide bonds. The molecule has 4 heteroatoms. The van der Waals surface area contributed by atoms with E-state index in [0.29, 0.717) is 5.89 Å². The van der Waals surface area contributed by atoms with E-state index in [1.807, 2.05) is 60.7 Å². The third-order valence-electron chi connectivity index (χ3n) is 8.25. The third-order valence-corrected chi connectivity index (χ3v) is 8.25. The van der Waals surface area contributed by atoms with Gasteiger partial charge in [0.15, 0.2) is 5.58 Å². The number of fused-ring (bicyclic) bond motifs is 8. The SMILES string of the molecule is c1ccc(-c2nc3ccc4ccc5ccc(N(c6ccccc6)c6cccc7oc8ccccc8c67)cc5c4c3o2)cc1. The Morgan fingerprint density at radius 2 is 1.21 bits per heavy atom. The Morgan fingerprint density at radius 1 is 0.488 bits per heavy atom. The average Bonchev–Trinajstić information content (AvgIpc) is 3.68. The van der Waals surface area contributed by atoms with Gasteiger partial charge in [-0.05, 0) is 76.8 Å². The Kier molecular flexibility index (Phi) is 5.16. The van der Waals surface area contributed by atoms with Crippen LogP contribution < -0.4 is 4.90 Å². The van der Waals surface area contributed by atoms with Gasteiger partial charge in [0.25, 0.3) is 0 Å². The lowest BCUT2D eigenvalue weighted by molar-refractivity contribution is 0.623. The number of oxazole rings is 1. The molecule has 2 aromatic heterocycles. The van der Waals surface area contributed by atoms with Crippen LogP contribution in [-0.4, -0.2) is 4.98 Å². The summed E-state index contributed by atoms with van der Waals surface area (Å²) in [6, 6.07) is 50.3. The first-order valence-electron chi connectivity index (χ1n) is 14.4. The molecule has 0 spiro atoms. The quantitative estimate of drug-likeness (QED) is 0.204. The molecule has 202 valence electrons. The van der Waals surface area contributed by atoms with Gasteiger partial charge in [0.1, 0.15) is 16.7 Å². The lowest BCUT2D eigenvalue weighted by Gasteiger charge is -2.26. The highest BCUT2D eigenvalue weighted by atomic mass is 16.3. The minimum absolute atomic E-state index is 0.626. The molecule has 0 atom stereocenters. The Balaban J connectivity index is 1.33. The molecular formula is C39H24N2O2. The van der Waals surface area contributed by atoms with Crippen molar-refractivity contribution in [1.29, 1.82) is 0 Å². The predicted octanol–water partition coefficient (Wildman–Crippen LogP) is 11.2. The molecule has 0 radical (unpaired) electrons. The van der Waals surface area contributed by atoms with E-state index in [1.165, 1.54) is 0 Å². The van der Waals surface area contributed by atoms with Crippen LogP contribution in [0.25, 0.3) is 66.0 Å². The molecule has 4 nitrogen and oxygen atoms in total. The summed E-state index contributed by atoms with van der Waals surface area (Å²) in [4.78, 5) is 7.18. The maximum absolute atomic E-state index is 6.50. The van der Waals surface area contributed by atoms with Crippen LogP contribution in [0.5, 0.6) is 0 Å². The molecule has 7 aromatic carbocycles. The van der Waals surface area contributed by atoms with Gasteiger partial charge >= 0.3 is 0 Å². The first-order chi connectivity index (χ1) is 21.3. The van der Waals surface area contributed by atoms with Gasteiger partial charge in [-0.2, -0.15) is 0 Å². The molecule has 9 aromatic rings. The topological polar surface area (TPSA) is 42.4 Å².